The zero-order valence-electron chi connectivity index (χ0n) is 42.8. The van der Waals surface area contributed by atoms with Crippen molar-refractivity contribution >= 4 is 11.9 Å². The molecule has 0 fully saturated rings. The third-order valence-electron chi connectivity index (χ3n) is 12.9. The standard InChI is InChI=1S/C58H109NO5/c1-3-5-7-9-11-13-15-17-19-23-26-30-34-38-42-46-50-56(61)55(54-60)59-57(62)51-47-43-39-35-31-27-24-21-20-22-25-29-33-37-41-45-49-53-64-58(63)52-48-44-40-36-32-28-18-16-14-12-10-8-6-4-2/h20,22,29,33,46,50,55-56,60-61H,3-19,21,23-28,30-32,34-45,47-49,51-54H2,1-2H3,(H,59,62)/b22-20-,33-29-,50-46+. The molecule has 0 bridgehead atoms. The highest BCUT2D eigenvalue weighted by atomic mass is 16.5. The van der Waals surface area contributed by atoms with Gasteiger partial charge in [-0.3, -0.25) is 9.59 Å². The van der Waals surface area contributed by atoms with Crippen LogP contribution in [0.5, 0.6) is 0 Å². The summed E-state index contributed by atoms with van der Waals surface area (Å²) in [5.74, 6) is -0.0977. The number of hydrogen-bond acceptors (Lipinski definition) is 5. The van der Waals surface area contributed by atoms with Crippen molar-refractivity contribution in [1.29, 1.82) is 0 Å². The second-order valence-electron chi connectivity index (χ2n) is 19.3. The maximum Gasteiger partial charge on any atom is 0.305 e. The first-order chi connectivity index (χ1) is 31.5. The number of ether oxygens (including phenoxy) is 1. The van der Waals surface area contributed by atoms with Gasteiger partial charge in [0.2, 0.25) is 5.91 Å². The largest absolute Gasteiger partial charge is 0.466 e. The summed E-state index contributed by atoms with van der Waals surface area (Å²) in [5, 5.41) is 23.1. The molecule has 3 N–H and O–H groups in total. The van der Waals surface area contributed by atoms with Gasteiger partial charge in [-0.2, -0.15) is 0 Å². The third kappa shape index (κ3) is 49.5. The summed E-state index contributed by atoms with van der Waals surface area (Å²) in [6, 6.07) is -0.640. The highest BCUT2D eigenvalue weighted by Crippen LogP contribution is 2.16. The highest BCUT2D eigenvalue weighted by Gasteiger charge is 2.18. The normalized spacial score (nSPS) is 12.9. The van der Waals surface area contributed by atoms with Crippen LogP contribution in [0.4, 0.5) is 0 Å². The number of esters is 1. The maximum atomic E-state index is 12.4. The molecule has 0 aromatic carbocycles. The lowest BCUT2D eigenvalue weighted by Crippen LogP contribution is -2.45. The monoisotopic (exact) mass is 900 g/mol. The number of rotatable bonds is 52. The lowest BCUT2D eigenvalue weighted by atomic mass is 10.0. The minimum absolute atomic E-state index is 0.0144. The molecule has 2 unspecified atom stereocenters. The minimum atomic E-state index is -0.855. The molecule has 0 radical (unpaired) electrons. The van der Waals surface area contributed by atoms with Crippen molar-refractivity contribution in [2.75, 3.05) is 13.2 Å². The summed E-state index contributed by atoms with van der Waals surface area (Å²) in [5.41, 5.74) is 0. The number of unbranched alkanes of at least 4 members (excludes halogenated alkanes) is 37. The van der Waals surface area contributed by atoms with Crippen LogP contribution in [0.3, 0.4) is 0 Å². The zero-order valence-corrected chi connectivity index (χ0v) is 42.8. The molecular weight excluding hydrogens is 791 g/mol. The second-order valence-corrected chi connectivity index (χ2v) is 19.3. The van der Waals surface area contributed by atoms with Gasteiger partial charge in [-0.1, -0.05) is 249 Å². The summed E-state index contributed by atoms with van der Waals surface area (Å²) < 4.78 is 5.45. The van der Waals surface area contributed by atoms with Crippen molar-refractivity contribution in [3.05, 3.63) is 36.5 Å². The zero-order chi connectivity index (χ0) is 46.5. The van der Waals surface area contributed by atoms with Crippen LogP contribution in [-0.4, -0.2) is 47.4 Å². The van der Waals surface area contributed by atoms with Gasteiger partial charge < -0.3 is 20.3 Å². The van der Waals surface area contributed by atoms with Crippen molar-refractivity contribution in [1.82, 2.24) is 5.32 Å². The molecule has 0 heterocycles. The number of allylic oxidation sites excluding steroid dienone is 5. The molecule has 0 spiro atoms. The van der Waals surface area contributed by atoms with Crippen molar-refractivity contribution in [3.8, 4) is 0 Å². The van der Waals surface area contributed by atoms with E-state index in [-0.39, 0.29) is 18.5 Å². The van der Waals surface area contributed by atoms with Crippen LogP contribution in [0, 0.1) is 0 Å². The topological polar surface area (TPSA) is 95.9 Å². The van der Waals surface area contributed by atoms with E-state index in [9.17, 15) is 19.8 Å². The van der Waals surface area contributed by atoms with Crippen molar-refractivity contribution < 1.29 is 24.5 Å². The van der Waals surface area contributed by atoms with E-state index in [1.165, 1.54) is 186 Å². The van der Waals surface area contributed by atoms with E-state index in [2.05, 4.69) is 43.5 Å². The summed E-state index contributed by atoms with van der Waals surface area (Å²) in [6.07, 6.45) is 65.9. The van der Waals surface area contributed by atoms with E-state index in [0.29, 0.717) is 19.4 Å². The molecule has 0 saturated carbocycles. The van der Waals surface area contributed by atoms with Gasteiger partial charge in [0.1, 0.15) is 0 Å². The molecule has 376 valence electrons. The number of amides is 1. The maximum absolute atomic E-state index is 12.4. The molecule has 2 atom stereocenters. The molecule has 0 aliphatic heterocycles. The number of nitrogens with one attached hydrogen (secondary N) is 1. The molecule has 0 aliphatic rings. The highest BCUT2D eigenvalue weighted by molar-refractivity contribution is 5.76. The predicted octanol–water partition coefficient (Wildman–Crippen LogP) is 17.2. The fourth-order valence-corrected chi connectivity index (χ4v) is 8.55. The first-order valence-electron chi connectivity index (χ1n) is 28.3. The van der Waals surface area contributed by atoms with Crippen LogP contribution in [0.15, 0.2) is 36.5 Å². The molecule has 6 nitrogen and oxygen atoms in total. The smallest absolute Gasteiger partial charge is 0.305 e. The first-order valence-corrected chi connectivity index (χ1v) is 28.3. The fraction of sp³-hybridized carbons (Fsp3) is 0.862. The molecule has 64 heavy (non-hydrogen) atoms. The van der Waals surface area contributed by atoms with Crippen molar-refractivity contribution in [2.45, 2.75) is 309 Å². The molecule has 0 saturated heterocycles. The number of carbonyl (C=O) groups is 2. The molecule has 0 aromatic rings. The summed E-state index contributed by atoms with van der Waals surface area (Å²) >= 11 is 0. The second kappa shape index (κ2) is 53.7. The van der Waals surface area contributed by atoms with Crippen LogP contribution >= 0.6 is 0 Å². The molecular formula is C58H109NO5. The van der Waals surface area contributed by atoms with E-state index in [0.717, 1.165) is 83.5 Å². The van der Waals surface area contributed by atoms with Gasteiger partial charge in [-0.25, -0.2) is 0 Å². The molecule has 6 heteroatoms. The molecule has 1 amide bonds. The Kier molecular flexibility index (Phi) is 52.1. The van der Waals surface area contributed by atoms with Gasteiger partial charge >= 0.3 is 5.97 Å². The Morgan fingerprint density at radius 2 is 0.781 bits per heavy atom. The Bertz CT molecular complexity index is 1040. The van der Waals surface area contributed by atoms with Crippen LogP contribution in [-0.2, 0) is 14.3 Å². The van der Waals surface area contributed by atoms with Gasteiger partial charge in [0.15, 0.2) is 0 Å². The fourth-order valence-electron chi connectivity index (χ4n) is 8.55. The van der Waals surface area contributed by atoms with Crippen LogP contribution in [0.25, 0.3) is 0 Å². The van der Waals surface area contributed by atoms with Gasteiger partial charge in [-0.05, 0) is 70.6 Å². The average Bonchev–Trinajstić information content (AvgIpc) is 3.29. The Labute approximate surface area is 398 Å². The Balaban J connectivity index is 3.53. The first kappa shape index (κ1) is 62.1. The lowest BCUT2D eigenvalue weighted by molar-refractivity contribution is -0.143. The average molecular weight is 901 g/mol. The number of hydrogen-bond donors (Lipinski definition) is 3. The van der Waals surface area contributed by atoms with E-state index in [4.69, 9.17) is 4.74 Å². The molecule has 0 aromatic heterocycles. The number of aliphatic hydroxyl groups is 2. The summed E-state index contributed by atoms with van der Waals surface area (Å²) in [6.45, 7) is 4.87. The van der Waals surface area contributed by atoms with Crippen LogP contribution in [0.2, 0.25) is 0 Å². The lowest BCUT2D eigenvalue weighted by Gasteiger charge is -2.20. The van der Waals surface area contributed by atoms with Gasteiger partial charge in [-0.15, -0.1) is 0 Å². The Morgan fingerprint density at radius 3 is 1.19 bits per heavy atom. The minimum Gasteiger partial charge on any atom is -0.466 e. The Hall–Kier alpha value is -1.92. The van der Waals surface area contributed by atoms with Gasteiger partial charge in [0.05, 0.1) is 25.4 Å². The van der Waals surface area contributed by atoms with E-state index in [1.807, 2.05) is 6.08 Å². The third-order valence-corrected chi connectivity index (χ3v) is 12.9. The predicted molar refractivity (Wildman–Crippen MR) is 278 cm³/mol. The van der Waals surface area contributed by atoms with Gasteiger partial charge in [0, 0.05) is 12.8 Å². The quantitative estimate of drug-likeness (QED) is 0.0321. The summed E-state index contributed by atoms with van der Waals surface area (Å²) in [4.78, 5) is 24.5. The van der Waals surface area contributed by atoms with Gasteiger partial charge in [0.25, 0.3) is 0 Å². The van der Waals surface area contributed by atoms with Crippen molar-refractivity contribution in [3.63, 3.8) is 0 Å². The van der Waals surface area contributed by atoms with E-state index < -0.39 is 12.1 Å². The van der Waals surface area contributed by atoms with E-state index >= 15 is 0 Å². The number of aliphatic hydroxyl groups excluding tert-OH is 2. The van der Waals surface area contributed by atoms with E-state index in [1.54, 1.807) is 6.08 Å². The van der Waals surface area contributed by atoms with Crippen molar-refractivity contribution in [2.24, 2.45) is 0 Å². The van der Waals surface area contributed by atoms with Crippen LogP contribution < -0.4 is 5.32 Å². The van der Waals surface area contributed by atoms with Crippen LogP contribution in [0.1, 0.15) is 296 Å². The SMILES string of the molecule is CCCCCCCCCCCCCCCC/C=C/C(O)C(CO)NC(=O)CCCCCCCCC/C=C\C/C=C\CCCCCOC(=O)CCCCCCCCCCCCCCCC. The molecule has 0 rings (SSSR count). The molecule has 0 aliphatic carbocycles. The summed E-state index contributed by atoms with van der Waals surface area (Å²) in [7, 11) is 0. The Morgan fingerprint density at radius 1 is 0.438 bits per heavy atom. The number of carbonyl (C=O) groups excluding carboxylic acids is 2.